The van der Waals surface area contributed by atoms with Gasteiger partial charge in [0.15, 0.2) is 0 Å². The summed E-state index contributed by atoms with van der Waals surface area (Å²) in [5.41, 5.74) is 10.5. The Kier molecular flexibility index (Phi) is 10.2. The Morgan fingerprint density at radius 3 is 2.18 bits per heavy atom. The van der Waals surface area contributed by atoms with Gasteiger partial charge in [-0.3, -0.25) is 0 Å². The van der Waals surface area contributed by atoms with Crippen LogP contribution in [-0.2, 0) is 32.1 Å². The Hall–Kier alpha value is -1.64. The number of aliphatic hydroxyl groups excluding tert-OH is 2. The van der Waals surface area contributed by atoms with E-state index < -0.39 is 0 Å². The molecule has 3 unspecified atom stereocenters. The fourth-order valence-corrected chi connectivity index (χ4v) is 6.05. The van der Waals surface area contributed by atoms with Gasteiger partial charge in [-0.2, -0.15) is 0 Å². The number of rotatable bonds is 7. The van der Waals surface area contributed by atoms with Crippen LogP contribution >= 0.6 is 0 Å². The Balaban J connectivity index is 0.000000751. The van der Waals surface area contributed by atoms with Gasteiger partial charge in [0.25, 0.3) is 0 Å². The highest BCUT2D eigenvalue weighted by Gasteiger charge is 2.31. The van der Waals surface area contributed by atoms with Crippen LogP contribution in [0.25, 0.3) is 0 Å². The molecule has 2 nitrogen and oxygen atoms in total. The van der Waals surface area contributed by atoms with Gasteiger partial charge in [-0.25, -0.2) is 0 Å². The Bertz CT molecular complexity index is 893. The van der Waals surface area contributed by atoms with Crippen molar-refractivity contribution in [2.24, 2.45) is 11.8 Å². The molecule has 0 aliphatic heterocycles. The van der Waals surface area contributed by atoms with Crippen molar-refractivity contribution in [1.29, 1.82) is 0 Å². The van der Waals surface area contributed by atoms with Gasteiger partial charge >= 0.3 is 0 Å². The average Bonchev–Trinajstić information content (AvgIpc) is 3.30. The summed E-state index contributed by atoms with van der Waals surface area (Å²) in [6.45, 7) is 11.2. The highest BCUT2D eigenvalue weighted by molar-refractivity contribution is 5.51. The summed E-state index contributed by atoms with van der Waals surface area (Å²) in [6.07, 6.45) is 10.4. The fraction of sp³-hybridized carbons (Fsp3) is 0.625. The van der Waals surface area contributed by atoms with E-state index in [9.17, 15) is 10.2 Å². The van der Waals surface area contributed by atoms with Crippen LogP contribution in [0.15, 0.2) is 30.3 Å². The lowest BCUT2D eigenvalue weighted by atomic mass is 9.73. The fourth-order valence-electron chi connectivity index (χ4n) is 6.05. The van der Waals surface area contributed by atoms with E-state index in [4.69, 9.17) is 0 Å². The van der Waals surface area contributed by atoms with E-state index in [2.05, 4.69) is 65.0 Å². The van der Waals surface area contributed by atoms with Crippen LogP contribution in [0.4, 0.5) is 0 Å². The molecule has 2 N–H and O–H groups in total. The van der Waals surface area contributed by atoms with Crippen molar-refractivity contribution in [1.82, 2.24) is 0 Å². The summed E-state index contributed by atoms with van der Waals surface area (Å²) in [5.74, 6) is 1.43. The van der Waals surface area contributed by atoms with Gasteiger partial charge in [0.1, 0.15) is 0 Å². The second-order valence-electron chi connectivity index (χ2n) is 11.3. The summed E-state index contributed by atoms with van der Waals surface area (Å²) in [7, 11) is 0. The molecule has 1 saturated carbocycles. The van der Waals surface area contributed by atoms with Crippen molar-refractivity contribution in [3.8, 4) is 0 Å². The Morgan fingerprint density at radius 2 is 1.56 bits per heavy atom. The Labute approximate surface area is 208 Å². The van der Waals surface area contributed by atoms with Crippen LogP contribution in [0.5, 0.6) is 0 Å². The predicted molar refractivity (Wildman–Crippen MR) is 145 cm³/mol. The molecule has 34 heavy (non-hydrogen) atoms. The predicted octanol–water partition coefficient (Wildman–Crippen LogP) is 7.18. The lowest BCUT2D eigenvalue weighted by molar-refractivity contribution is 0.0648. The van der Waals surface area contributed by atoms with Crippen LogP contribution < -0.4 is 0 Å². The van der Waals surface area contributed by atoms with Gasteiger partial charge in [0.2, 0.25) is 0 Å². The molecule has 2 heteroatoms. The van der Waals surface area contributed by atoms with Crippen molar-refractivity contribution in [3.05, 3.63) is 69.3 Å². The molecule has 2 aliphatic carbocycles. The molecule has 0 spiro atoms. The maximum Gasteiger partial charge on any atom is 0.0549 e. The zero-order valence-corrected chi connectivity index (χ0v) is 22.4. The topological polar surface area (TPSA) is 40.5 Å². The van der Waals surface area contributed by atoms with Gasteiger partial charge < -0.3 is 10.2 Å². The molecular formula is C32H48O2. The molecule has 2 aromatic rings. The lowest BCUT2D eigenvalue weighted by Crippen LogP contribution is -2.28. The van der Waals surface area contributed by atoms with Gasteiger partial charge in [-0.1, -0.05) is 71.4 Å². The van der Waals surface area contributed by atoms with Gasteiger partial charge in [0.05, 0.1) is 6.10 Å². The number of hydrogen-bond donors (Lipinski definition) is 2. The minimum Gasteiger partial charge on any atom is -0.396 e. The number of hydrogen-bond acceptors (Lipinski definition) is 2. The molecule has 0 amide bonds. The maximum atomic E-state index is 10.5. The van der Waals surface area contributed by atoms with Crippen molar-refractivity contribution >= 4 is 0 Å². The van der Waals surface area contributed by atoms with Crippen LogP contribution in [-0.4, -0.2) is 22.9 Å². The second kappa shape index (κ2) is 12.9. The standard InChI is InChI=1S/C28H38O2.C4H10/c1-3-6-19-9-11-20(12-10-19)13-23-17-28(22-14-21(18-29)15-24(30)16-22)25(4-2)27-8-5-7-26(23)27;1-4(2)3/h9-12,17,21-22,24,29-30H,3-8,13-16,18H2,1-2H3;4H,1-3H3. The van der Waals surface area contributed by atoms with Gasteiger partial charge in [-0.15, -0.1) is 0 Å². The normalized spacial score (nSPS) is 21.8. The number of aryl methyl sites for hydroxylation is 1. The molecule has 4 rings (SSSR count). The second-order valence-corrected chi connectivity index (χ2v) is 11.3. The zero-order valence-electron chi connectivity index (χ0n) is 22.4. The van der Waals surface area contributed by atoms with Crippen LogP contribution in [0.2, 0.25) is 0 Å². The summed E-state index contributed by atoms with van der Waals surface area (Å²) in [5, 5.41) is 20.2. The van der Waals surface area contributed by atoms with Crippen LogP contribution in [0.3, 0.4) is 0 Å². The van der Waals surface area contributed by atoms with Crippen molar-refractivity contribution in [3.63, 3.8) is 0 Å². The monoisotopic (exact) mass is 464 g/mol. The van der Waals surface area contributed by atoms with Gasteiger partial charge in [-0.05, 0) is 114 Å². The minimum atomic E-state index is -0.284. The third-order valence-corrected chi connectivity index (χ3v) is 7.44. The van der Waals surface area contributed by atoms with Crippen LogP contribution in [0.1, 0.15) is 112 Å². The molecular weight excluding hydrogens is 416 g/mol. The molecule has 0 aromatic heterocycles. The maximum absolute atomic E-state index is 10.5. The molecule has 2 aliphatic rings. The molecule has 188 valence electrons. The first kappa shape index (κ1) is 27.0. The molecule has 0 radical (unpaired) electrons. The third-order valence-electron chi connectivity index (χ3n) is 7.44. The van der Waals surface area contributed by atoms with E-state index in [1.165, 1.54) is 47.9 Å². The molecule has 1 fully saturated rings. The van der Waals surface area contributed by atoms with Gasteiger partial charge in [0, 0.05) is 6.61 Å². The van der Waals surface area contributed by atoms with E-state index in [0.29, 0.717) is 5.92 Å². The summed E-state index contributed by atoms with van der Waals surface area (Å²) in [4.78, 5) is 0. The summed E-state index contributed by atoms with van der Waals surface area (Å²) >= 11 is 0. The lowest BCUT2D eigenvalue weighted by Gasteiger charge is -2.34. The first-order valence-electron chi connectivity index (χ1n) is 13.9. The van der Waals surface area contributed by atoms with Crippen molar-refractivity contribution in [2.75, 3.05) is 6.61 Å². The highest BCUT2D eigenvalue weighted by Crippen LogP contribution is 2.42. The zero-order chi connectivity index (χ0) is 24.7. The third kappa shape index (κ3) is 6.95. The molecule has 2 aromatic carbocycles. The van der Waals surface area contributed by atoms with E-state index in [1.54, 1.807) is 16.7 Å². The summed E-state index contributed by atoms with van der Waals surface area (Å²) < 4.78 is 0. The molecule has 0 heterocycles. The first-order valence-corrected chi connectivity index (χ1v) is 13.9. The van der Waals surface area contributed by atoms with Crippen molar-refractivity contribution in [2.45, 2.75) is 111 Å². The number of benzene rings is 2. The van der Waals surface area contributed by atoms with E-state index in [0.717, 1.165) is 44.4 Å². The average molecular weight is 465 g/mol. The summed E-state index contributed by atoms with van der Waals surface area (Å²) in [6, 6.07) is 11.7. The largest absolute Gasteiger partial charge is 0.396 e. The highest BCUT2D eigenvalue weighted by atomic mass is 16.3. The smallest absolute Gasteiger partial charge is 0.0549 e. The van der Waals surface area contributed by atoms with E-state index in [1.807, 2.05) is 0 Å². The molecule has 0 saturated heterocycles. The quantitative estimate of drug-likeness (QED) is 0.455. The number of aliphatic hydroxyl groups is 2. The Morgan fingerprint density at radius 1 is 0.912 bits per heavy atom. The first-order chi connectivity index (χ1) is 16.4. The van der Waals surface area contributed by atoms with Crippen LogP contribution in [0, 0.1) is 11.8 Å². The molecule has 0 bridgehead atoms. The SMILES string of the molecule is CC(C)C.CCCc1ccc(Cc2cc(C3CC(O)CC(CO)C3)c(CC)c3c2CCC3)cc1. The number of fused-ring (bicyclic) bond motifs is 1. The van der Waals surface area contributed by atoms with E-state index in [-0.39, 0.29) is 18.6 Å². The van der Waals surface area contributed by atoms with Crippen molar-refractivity contribution < 1.29 is 10.2 Å². The minimum absolute atomic E-state index is 0.191. The molecule has 3 atom stereocenters. The van der Waals surface area contributed by atoms with E-state index >= 15 is 0 Å².